The molecule has 1 aliphatic heterocycles. The maximum absolute atomic E-state index is 4.46. The van der Waals surface area contributed by atoms with Crippen molar-refractivity contribution in [3.63, 3.8) is 0 Å². The fourth-order valence-corrected chi connectivity index (χ4v) is 2.31. The van der Waals surface area contributed by atoms with Crippen molar-refractivity contribution in [2.75, 3.05) is 18.0 Å². The van der Waals surface area contributed by atoms with Crippen LogP contribution in [0, 0.1) is 18.8 Å². The van der Waals surface area contributed by atoms with Gasteiger partial charge in [-0.15, -0.1) is 0 Å². The summed E-state index contributed by atoms with van der Waals surface area (Å²) in [6.07, 6.45) is 6.39. The summed E-state index contributed by atoms with van der Waals surface area (Å²) < 4.78 is 0. The number of piperidine rings is 1. The van der Waals surface area contributed by atoms with E-state index >= 15 is 0 Å². The van der Waals surface area contributed by atoms with E-state index < -0.39 is 0 Å². The molecule has 1 atom stereocenters. The number of rotatable bonds is 2. The van der Waals surface area contributed by atoms with Gasteiger partial charge in [0.1, 0.15) is 5.82 Å². The summed E-state index contributed by atoms with van der Waals surface area (Å²) in [5.41, 5.74) is 0.987. The Kier molecular flexibility index (Phi) is 3.42. The van der Waals surface area contributed by atoms with Gasteiger partial charge in [0, 0.05) is 13.1 Å². The van der Waals surface area contributed by atoms with Gasteiger partial charge in [0.05, 0.1) is 18.1 Å². The van der Waals surface area contributed by atoms with E-state index in [1.807, 2.05) is 19.3 Å². The maximum Gasteiger partial charge on any atom is 0.147 e. The Labute approximate surface area is 97.9 Å². The summed E-state index contributed by atoms with van der Waals surface area (Å²) in [6.45, 7) is 8.87. The van der Waals surface area contributed by atoms with Gasteiger partial charge < -0.3 is 4.90 Å². The van der Waals surface area contributed by atoms with Crippen molar-refractivity contribution in [2.45, 2.75) is 33.6 Å². The van der Waals surface area contributed by atoms with Crippen molar-refractivity contribution in [3.05, 3.63) is 18.1 Å². The van der Waals surface area contributed by atoms with Crippen LogP contribution in [0.5, 0.6) is 0 Å². The Hall–Kier alpha value is -1.12. The van der Waals surface area contributed by atoms with Gasteiger partial charge in [0.2, 0.25) is 0 Å². The molecule has 1 fully saturated rings. The highest BCUT2D eigenvalue weighted by Crippen LogP contribution is 2.25. The van der Waals surface area contributed by atoms with Crippen LogP contribution in [0.1, 0.15) is 32.4 Å². The second-order valence-corrected chi connectivity index (χ2v) is 5.11. The Bertz CT molecular complexity index is 332. The minimum absolute atomic E-state index is 0.765. The molecule has 2 heterocycles. The van der Waals surface area contributed by atoms with Gasteiger partial charge in [0.15, 0.2) is 0 Å². The first-order chi connectivity index (χ1) is 7.66. The molecule has 1 aromatic rings. The van der Waals surface area contributed by atoms with Crippen molar-refractivity contribution in [1.29, 1.82) is 0 Å². The average Bonchev–Trinajstić information content (AvgIpc) is 2.30. The summed E-state index contributed by atoms with van der Waals surface area (Å²) >= 11 is 0. The monoisotopic (exact) mass is 219 g/mol. The lowest BCUT2D eigenvalue weighted by atomic mass is 9.88. The van der Waals surface area contributed by atoms with Crippen LogP contribution in [0.3, 0.4) is 0 Å². The Morgan fingerprint density at radius 3 is 2.75 bits per heavy atom. The third-order valence-electron chi connectivity index (χ3n) is 3.49. The van der Waals surface area contributed by atoms with Crippen LogP contribution in [-0.4, -0.2) is 23.1 Å². The van der Waals surface area contributed by atoms with Crippen LogP contribution >= 0.6 is 0 Å². The SMILES string of the molecule is Cc1cnc(N2CCCC(C(C)C)C2)cn1. The van der Waals surface area contributed by atoms with Crippen LogP contribution in [0.4, 0.5) is 5.82 Å². The van der Waals surface area contributed by atoms with Crippen molar-refractivity contribution in [3.8, 4) is 0 Å². The Morgan fingerprint density at radius 2 is 2.12 bits per heavy atom. The zero-order valence-electron chi connectivity index (χ0n) is 10.5. The van der Waals surface area contributed by atoms with Crippen LogP contribution in [-0.2, 0) is 0 Å². The van der Waals surface area contributed by atoms with Crippen LogP contribution in [0.2, 0.25) is 0 Å². The molecule has 0 aliphatic carbocycles. The molecule has 3 nitrogen and oxygen atoms in total. The minimum atomic E-state index is 0.765. The number of hydrogen-bond donors (Lipinski definition) is 0. The molecule has 1 aliphatic rings. The lowest BCUT2D eigenvalue weighted by molar-refractivity contribution is 0.320. The molecule has 0 amide bonds. The molecule has 0 saturated carbocycles. The highest BCUT2D eigenvalue weighted by molar-refractivity contribution is 5.36. The highest BCUT2D eigenvalue weighted by Gasteiger charge is 2.23. The first-order valence-electron chi connectivity index (χ1n) is 6.20. The zero-order chi connectivity index (χ0) is 11.5. The van der Waals surface area contributed by atoms with Gasteiger partial charge in [-0.2, -0.15) is 0 Å². The Morgan fingerprint density at radius 1 is 1.31 bits per heavy atom. The first kappa shape index (κ1) is 11.4. The number of aromatic nitrogens is 2. The summed E-state index contributed by atoms with van der Waals surface area (Å²) in [5, 5.41) is 0. The molecule has 0 radical (unpaired) electrons. The standard InChI is InChI=1S/C13H21N3/c1-10(2)12-5-4-6-16(9-12)13-8-14-11(3)7-15-13/h7-8,10,12H,4-6,9H2,1-3H3. The van der Waals surface area contributed by atoms with E-state index in [0.29, 0.717) is 0 Å². The van der Waals surface area contributed by atoms with Crippen LogP contribution < -0.4 is 4.90 Å². The van der Waals surface area contributed by atoms with E-state index in [1.165, 1.54) is 12.8 Å². The predicted octanol–water partition coefficient (Wildman–Crippen LogP) is 2.66. The molecular weight excluding hydrogens is 198 g/mol. The number of anilines is 1. The molecular formula is C13H21N3. The molecule has 16 heavy (non-hydrogen) atoms. The maximum atomic E-state index is 4.46. The average molecular weight is 219 g/mol. The summed E-state index contributed by atoms with van der Waals surface area (Å²) in [7, 11) is 0. The first-order valence-corrected chi connectivity index (χ1v) is 6.20. The van der Waals surface area contributed by atoms with Gasteiger partial charge in [-0.25, -0.2) is 4.98 Å². The minimum Gasteiger partial charge on any atom is -0.355 e. The largest absolute Gasteiger partial charge is 0.355 e. The number of hydrogen-bond acceptors (Lipinski definition) is 3. The lowest BCUT2D eigenvalue weighted by Gasteiger charge is -2.35. The van der Waals surface area contributed by atoms with Crippen molar-refractivity contribution in [1.82, 2.24) is 9.97 Å². The molecule has 1 unspecified atom stereocenters. The molecule has 88 valence electrons. The highest BCUT2D eigenvalue weighted by atomic mass is 15.2. The summed E-state index contributed by atoms with van der Waals surface area (Å²) in [4.78, 5) is 11.2. The molecule has 0 bridgehead atoms. The molecule has 3 heteroatoms. The summed E-state index contributed by atoms with van der Waals surface area (Å²) in [5.74, 6) is 2.61. The topological polar surface area (TPSA) is 29.0 Å². The molecule has 1 aromatic heterocycles. The van der Waals surface area contributed by atoms with Gasteiger partial charge in [-0.05, 0) is 31.6 Å². The van der Waals surface area contributed by atoms with E-state index in [2.05, 4.69) is 28.7 Å². The van der Waals surface area contributed by atoms with E-state index in [0.717, 1.165) is 36.4 Å². The van der Waals surface area contributed by atoms with Crippen molar-refractivity contribution >= 4 is 5.82 Å². The third kappa shape index (κ3) is 2.52. The van der Waals surface area contributed by atoms with E-state index in [9.17, 15) is 0 Å². The lowest BCUT2D eigenvalue weighted by Crippen LogP contribution is -2.37. The molecule has 0 spiro atoms. The second-order valence-electron chi connectivity index (χ2n) is 5.11. The van der Waals surface area contributed by atoms with Gasteiger partial charge >= 0.3 is 0 Å². The van der Waals surface area contributed by atoms with E-state index in [-0.39, 0.29) is 0 Å². The predicted molar refractivity (Wildman–Crippen MR) is 66.5 cm³/mol. The normalized spacial score (nSPS) is 21.5. The third-order valence-corrected chi connectivity index (χ3v) is 3.49. The fraction of sp³-hybridized carbons (Fsp3) is 0.692. The van der Waals surface area contributed by atoms with E-state index in [1.54, 1.807) is 0 Å². The number of nitrogens with zero attached hydrogens (tertiary/aromatic N) is 3. The Balaban J connectivity index is 2.06. The quantitative estimate of drug-likeness (QED) is 0.765. The fourth-order valence-electron chi connectivity index (χ4n) is 2.31. The molecule has 2 rings (SSSR count). The second kappa shape index (κ2) is 4.81. The van der Waals surface area contributed by atoms with E-state index in [4.69, 9.17) is 0 Å². The van der Waals surface area contributed by atoms with Crippen LogP contribution in [0.15, 0.2) is 12.4 Å². The van der Waals surface area contributed by atoms with Gasteiger partial charge in [-0.1, -0.05) is 13.8 Å². The molecule has 0 N–H and O–H groups in total. The molecule has 0 aromatic carbocycles. The number of aryl methyl sites for hydroxylation is 1. The zero-order valence-corrected chi connectivity index (χ0v) is 10.5. The van der Waals surface area contributed by atoms with Crippen molar-refractivity contribution < 1.29 is 0 Å². The molecule has 1 saturated heterocycles. The van der Waals surface area contributed by atoms with Crippen LogP contribution in [0.25, 0.3) is 0 Å². The van der Waals surface area contributed by atoms with Gasteiger partial charge in [-0.3, -0.25) is 4.98 Å². The van der Waals surface area contributed by atoms with Gasteiger partial charge in [0.25, 0.3) is 0 Å². The smallest absolute Gasteiger partial charge is 0.147 e. The summed E-state index contributed by atoms with van der Waals surface area (Å²) in [6, 6.07) is 0. The van der Waals surface area contributed by atoms with Crippen molar-refractivity contribution in [2.24, 2.45) is 11.8 Å².